The number of carbonyl (C=O) groups is 4. The molecule has 29 heavy (non-hydrogen) atoms. The van der Waals surface area contributed by atoms with Gasteiger partial charge in [-0.3, -0.25) is 19.3 Å². The summed E-state index contributed by atoms with van der Waals surface area (Å²) in [4.78, 5) is 50.7. The van der Waals surface area contributed by atoms with Crippen LogP contribution in [0.4, 0.5) is 0 Å². The zero-order chi connectivity index (χ0) is 21.1. The second-order valence-corrected chi connectivity index (χ2v) is 7.64. The van der Waals surface area contributed by atoms with E-state index in [1.165, 1.54) is 13.8 Å². The fourth-order valence-electron chi connectivity index (χ4n) is 4.15. The summed E-state index contributed by atoms with van der Waals surface area (Å²) in [7, 11) is 0. The van der Waals surface area contributed by atoms with Crippen LogP contribution in [0.1, 0.15) is 62.4 Å². The lowest BCUT2D eigenvalue weighted by Gasteiger charge is -2.22. The van der Waals surface area contributed by atoms with Gasteiger partial charge in [0, 0.05) is 11.1 Å². The van der Waals surface area contributed by atoms with Crippen molar-refractivity contribution in [3.05, 3.63) is 29.3 Å². The van der Waals surface area contributed by atoms with E-state index in [0.29, 0.717) is 36.3 Å². The first-order valence-corrected chi connectivity index (χ1v) is 10.1. The number of rotatable bonds is 7. The molecule has 3 atom stereocenters. The predicted molar refractivity (Wildman–Crippen MR) is 104 cm³/mol. The average Bonchev–Trinajstić information content (AvgIpc) is 2.97. The maximum atomic E-state index is 12.7. The Bertz CT molecular complexity index is 809. The Balaban J connectivity index is 1.70. The van der Waals surface area contributed by atoms with Crippen molar-refractivity contribution in [2.75, 3.05) is 6.61 Å². The second-order valence-electron chi connectivity index (χ2n) is 7.64. The van der Waals surface area contributed by atoms with Gasteiger partial charge in [-0.1, -0.05) is 12.8 Å². The van der Waals surface area contributed by atoms with Crippen molar-refractivity contribution >= 4 is 23.6 Å². The molecular formula is C22H27NO6. The molecule has 0 N–H and O–H groups in total. The van der Waals surface area contributed by atoms with Crippen molar-refractivity contribution in [2.45, 2.75) is 59.1 Å². The van der Waals surface area contributed by atoms with Crippen LogP contribution in [-0.4, -0.2) is 41.1 Å². The predicted octanol–water partition coefficient (Wildman–Crippen LogP) is 2.89. The van der Waals surface area contributed by atoms with Gasteiger partial charge in [-0.2, -0.15) is 0 Å². The van der Waals surface area contributed by atoms with E-state index >= 15 is 0 Å². The van der Waals surface area contributed by atoms with E-state index in [0.717, 1.165) is 17.7 Å². The van der Waals surface area contributed by atoms with Gasteiger partial charge in [-0.25, -0.2) is 4.79 Å². The molecule has 1 heterocycles. The molecule has 1 saturated heterocycles. The lowest BCUT2D eigenvalue weighted by atomic mass is 9.81. The first-order valence-electron chi connectivity index (χ1n) is 10.1. The molecule has 2 aliphatic rings. The Morgan fingerprint density at radius 1 is 1.14 bits per heavy atom. The van der Waals surface area contributed by atoms with Crippen LogP contribution in [0.15, 0.2) is 18.2 Å². The number of imide groups is 1. The van der Waals surface area contributed by atoms with Crippen molar-refractivity contribution in [2.24, 2.45) is 11.8 Å². The Kier molecular flexibility index (Phi) is 6.35. The van der Waals surface area contributed by atoms with Gasteiger partial charge in [0.2, 0.25) is 11.8 Å². The van der Waals surface area contributed by atoms with E-state index in [2.05, 4.69) is 0 Å². The van der Waals surface area contributed by atoms with Gasteiger partial charge in [0.05, 0.1) is 18.4 Å². The van der Waals surface area contributed by atoms with Gasteiger partial charge in [0.25, 0.3) is 0 Å². The summed E-state index contributed by atoms with van der Waals surface area (Å²) in [5.74, 6) is -1.37. The first kappa shape index (κ1) is 21.0. The van der Waals surface area contributed by atoms with E-state index in [9.17, 15) is 19.2 Å². The van der Waals surface area contributed by atoms with Crippen LogP contribution in [0.5, 0.6) is 5.75 Å². The summed E-state index contributed by atoms with van der Waals surface area (Å²) in [5, 5.41) is 0. The lowest BCUT2D eigenvalue weighted by Crippen LogP contribution is -2.44. The Morgan fingerprint density at radius 3 is 2.31 bits per heavy atom. The number of amides is 2. The van der Waals surface area contributed by atoms with E-state index in [1.807, 2.05) is 6.92 Å². The molecule has 0 bridgehead atoms. The molecule has 0 spiro atoms. The minimum Gasteiger partial charge on any atom is -0.493 e. The third kappa shape index (κ3) is 4.18. The van der Waals surface area contributed by atoms with Crippen LogP contribution in [0.3, 0.4) is 0 Å². The molecule has 0 unspecified atom stereocenters. The summed E-state index contributed by atoms with van der Waals surface area (Å²) in [6.07, 6.45) is 3.26. The molecule has 0 aromatic heterocycles. The molecular weight excluding hydrogens is 374 g/mol. The van der Waals surface area contributed by atoms with E-state index < -0.39 is 12.0 Å². The summed E-state index contributed by atoms with van der Waals surface area (Å²) in [6.45, 7) is 5.13. The quantitative estimate of drug-likeness (QED) is 0.396. The van der Waals surface area contributed by atoms with E-state index in [4.69, 9.17) is 9.47 Å². The molecule has 3 rings (SSSR count). The van der Waals surface area contributed by atoms with Gasteiger partial charge in [0.1, 0.15) is 18.4 Å². The van der Waals surface area contributed by atoms with Crippen molar-refractivity contribution < 1.29 is 28.7 Å². The zero-order valence-electron chi connectivity index (χ0n) is 17.1. The molecule has 1 saturated carbocycles. The number of ether oxygens (including phenoxy) is 2. The molecule has 1 aromatic carbocycles. The number of fused-ring (bicyclic) bond motifs is 1. The van der Waals surface area contributed by atoms with Gasteiger partial charge in [-0.15, -0.1) is 0 Å². The van der Waals surface area contributed by atoms with Crippen LogP contribution >= 0.6 is 0 Å². The molecule has 2 amide bonds. The number of nitrogens with zero attached hydrogens (tertiary/aromatic N) is 1. The molecule has 2 fully saturated rings. The summed E-state index contributed by atoms with van der Waals surface area (Å²) >= 11 is 0. The highest BCUT2D eigenvalue weighted by atomic mass is 16.5. The standard InChI is InChI=1S/C22H27NO6/c1-4-28-19-10-9-15(14(3)24)11-16(19)12-29-22(27)13(2)23-20(25)17-7-5-6-8-18(17)21(23)26/h9-11,13,17-18H,4-8,12H2,1-3H3/t13-,17+,18+/m1/s1. The van der Waals surface area contributed by atoms with Crippen LogP contribution < -0.4 is 4.74 Å². The molecule has 156 valence electrons. The Hall–Kier alpha value is -2.70. The summed E-state index contributed by atoms with van der Waals surface area (Å²) < 4.78 is 10.9. The Labute approximate surface area is 170 Å². The van der Waals surface area contributed by atoms with E-state index in [-0.39, 0.29) is 36.0 Å². The van der Waals surface area contributed by atoms with Gasteiger partial charge < -0.3 is 9.47 Å². The lowest BCUT2D eigenvalue weighted by molar-refractivity contribution is -0.159. The number of carbonyl (C=O) groups excluding carboxylic acids is 4. The van der Waals surface area contributed by atoms with Crippen LogP contribution in [0.2, 0.25) is 0 Å². The third-order valence-corrected chi connectivity index (χ3v) is 5.74. The maximum absolute atomic E-state index is 12.7. The second kappa shape index (κ2) is 8.76. The molecule has 1 aromatic rings. The highest BCUT2D eigenvalue weighted by Crippen LogP contribution is 2.39. The number of hydrogen-bond donors (Lipinski definition) is 0. The SMILES string of the molecule is CCOc1ccc(C(C)=O)cc1COC(=O)[C@@H](C)N1C(=O)[C@H]2CCCC[C@@H]2C1=O. The highest BCUT2D eigenvalue weighted by Gasteiger charge is 2.51. The van der Waals surface area contributed by atoms with Crippen LogP contribution in [0.25, 0.3) is 0 Å². The molecule has 1 aliphatic heterocycles. The zero-order valence-corrected chi connectivity index (χ0v) is 17.1. The fraction of sp³-hybridized carbons (Fsp3) is 0.545. The first-order chi connectivity index (χ1) is 13.8. The number of benzene rings is 1. The van der Waals surface area contributed by atoms with Gasteiger partial charge >= 0.3 is 5.97 Å². The van der Waals surface area contributed by atoms with Crippen molar-refractivity contribution in [3.8, 4) is 5.75 Å². The number of hydrogen-bond acceptors (Lipinski definition) is 6. The minimum atomic E-state index is -0.980. The van der Waals surface area contributed by atoms with Gasteiger partial charge in [0.15, 0.2) is 5.78 Å². The monoisotopic (exact) mass is 401 g/mol. The molecule has 7 nitrogen and oxygen atoms in total. The molecule has 7 heteroatoms. The topological polar surface area (TPSA) is 90.0 Å². The smallest absolute Gasteiger partial charge is 0.329 e. The average molecular weight is 401 g/mol. The normalized spacial score (nSPS) is 22.2. The highest BCUT2D eigenvalue weighted by molar-refractivity contribution is 6.07. The van der Waals surface area contributed by atoms with Crippen LogP contribution in [0, 0.1) is 11.8 Å². The summed E-state index contributed by atoms with van der Waals surface area (Å²) in [6, 6.07) is 3.98. The fourth-order valence-corrected chi connectivity index (χ4v) is 4.15. The number of esters is 1. The van der Waals surface area contributed by atoms with Crippen LogP contribution in [-0.2, 0) is 25.7 Å². The van der Waals surface area contributed by atoms with Gasteiger partial charge in [-0.05, 0) is 51.8 Å². The summed E-state index contributed by atoms with van der Waals surface area (Å²) in [5.41, 5.74) is 1.05. The van der Waals surface area contributed by atoms with Crippen molar-refractivity contribution in [1.82, 2.24) is 4.90 Å². The van der Waals surface area contributed by atoms with E-state index in [1.54, 1.807) is 18.2 Å². The maximum Gasteiger partial charge on any atom is 0.329 e. The number of Topliss-reactive ketones (excluding diaryl/α,β-unsaturated/α-hetero) is 1. The minimum absolute atomic E-state index is 0.107. The molecule has 1 aliphatic carbocycles. The largest absolute Gasteiger partial charge is 0.493 e. The Morgan fingerprint density at radius 2 is 1.76 bits per heavy atom. The number of ketones is 1. The molecule has 0 radical (unpaired) electrons. The van der Waals surface area contributed by atoms with Crippen molar-refractivity contribution in [1.29, 1.82) is 0 Å². The number of likely N-dealkylation sites (tertiary alicyclic amines) is 1. The third-order valence-electron chi connectivity index (χ3n) is 5.74. The van der Waals surface area contributed by atoms with Crippen molar-refractivity contribution in [3.63, 3.8) is 0 Å².